The smallest absolute Gasteiger partial charge is 0.224 e. The molecule has 6 nitrogen and oxygen atoms in total. The van der Waals surface area contributed by atoms with Gasteiger partial charge in [0.25, 0.3) is 0 Å². The van der Waals surface area contributed by atoms with Crippen LogP contribution in [0.3, 0.4) is 0 Å². The first-order valence-corrected chi connectivity index (χ1v) is 6.05. The second kappa shape index (κ2) is 5.97. The molecule has 1 saturated carbocycles. The number of hydrogen-bond acceptors (Lipinski definition) is 6. The minimum Gasteiger partial charge on any atom is -0.481 e. The Morgan fingerprint density at radius 1 is 1.28 bits per heavy atom. The lowest BCUT2D eigenvalue weighted by atomic mass is 9.82. The van der Waals surface area contributed by atoms with E-state index in [0.717, 1.165) is 24.9 Å². The summed E-state index contributed by atoms with van der Waals surface area (Å²) in [6, 6.07) is 0. The highest BCUT2D eigenvalue weighted by atomic mass is 16.5. The van der Waals surface area contributed by atoms with Gasteiger partial charge in [-0.15, -0.1) is 0 Å². The summed E-state index contributed by atoms with van der Waals surface area (Å²) in [7, 11) is 3.15. The molecule has 1 aromatic rings. The van der Waals surface area contributed by atoms with Gasteiger partial charge in [0.05, 0.1) is 25.9 Å². The molecular weight excluding hydrogens is 234 g/mol. The van der Waals surface area contributed by atoms with Gasteiger partial charge in [-0.25, -0.2) is 9.97 Å². The van der Waals surface area contributed by atoms with Gasteiger partial charge in [0, 0.05) is 6.54 Å². The van der Waals surface area contributed by atoms with Crippen molar-refractivity contribution in [2.75, 3.05) is 20.8 Å². The third kappa shape index (κ3) is 2.88. The van der Waals surface area contributed by atoms with E-state index in [1.807, 2.05) is 0 Å². The Morgan fingerprint density at radius 3 is 2.39 bits per heavy atom. The Balaban J connectivity index is 1.91. The maximum Gasteiger partial charge on any atom is 0.224 e. The molecule has 0 atom stereocenters. The van der Waals surface area contributed by atoms with Crippen LogP contribution in [0, 0.1) is 5.92 Å². The molecule has 1 aliphatic rings. The number of aromatic nitrogens is 2. The predicted molar refractivity (Wildman–Crippen MR) is 65.6 cm³/mol. The quantitative estimate of drug-likeness (QED) is 0.762. The number of nitrogens with one attached hydrogen (secondary N) is 1. The van der Waals surface area contributed by atoms with Crippen molar-refractivity contribution in [3.8, 4) is 11.8 Å². The van der Waals surface area contributed by atoms with Gasteiger partial charge >= 0.3 is 0 Å². The van der Waals surface area contributed by atoms with Gasteiger partial charge < -0.3 is 19.9 Å². The fraction of sp³-hybridized carbons (Fsp3) is 0.667. The summed E-state index contributed by atoms with van der Waals surface area (Å²) in [4.78, 5) is 8.11. The van der Waals surface area contributed by atoms with Gasteiger partial charge in [-0.2, -0.15) is 0 Å². The summed E-state index contributed by atoms with van der Waals surface area (Å²) >= 11 is 0. The summed E-state index contributed by atoms with van der Waals surface area (Å²) in [5.74, 6) is 1.62. The molecule has 1 fully saturated rings. The Morgan fingerprint density at radius 2 is 1.89 bits per heavy atom. The molecule has 0 aromatic carbocycles. The third-order valence-corrected chi connectivity index (χ3v) is 3.20. The largest absolute Gasteiger partial charge is 0.481 e. The number of rotatable bonds is 6. The molecule has 0 spiro atoms. The number of hydrogen-bond donors (Lipinski definition) is 2. The molecule has 0 radical (unpaired) electrons. The van der Waals surface area contributed by atoms with Crippen molar-refractivity contribution < 1.29 is 14.6 Å². The van der Waals surface area contributed by atoms with Crippen molar-refractivity contribution in [1.29, 1.82) is 0 Å². The summed E-state index contributed by atoms with van der Waals surface area (Å²) < 4.78 is 10.4. The van der Waals surface area contributed by atoms with E-state index in [0.29, 0.717) is 24.2 Å². The predicted octanol–water partition coefficient (Wildman–Crippen LogP) is 0.354. The molecule has 0 unspecified atom stereocenters. The zero-order valence-electron chi connectivity index (χ0n) is 10.7. The summed E-state index contributed by atoms with van der Waals surface area (Å²) in [5.41, 5.74) is 0.822. The fourth-order valence-corrected chi connectivity index (χ4v) is 2.15. The molecule has 2 rings (SSSR count). The van der Waals surface area contributed by atoms with E-state index in [-0.39, 0.29) is 6.10 Å². The van der Waals surface area contributed by atoms with Gasteiger partial charge in [0.1, 0.15) is 6.33 Å². The van der Waals surface area contributed by atoms with Crippen LogP contribution in [0.5, 0.6) is 11.8 Å². The Kier molecular flexibility index (Phi) is 4.33. The molecule has 1 heterocycles. The molecule has 0 saturated heterocycles. The van der Waals surface area contributed by atoms with Crippen molar-refractivity contribution in [2.45, 2.75) is 25.5 Å². The van der Waals surface area contributed by atoms with E-state index < -0.39 is 0 Å². The Bertz CT molecular complexity index is 372. The van der Waals surface area contributed by atoms with E-state index in [9.17, 15) is 5.11 Å². The maximum absolute atomic E-state index is 9.21. The molecule has 1 aliphatic carbocycles. The Hall–Kier alpha value is -1.40. The van der Waals surface area contributed by atoms with E-state index in [4.69, 9.17) is 9.47 Å². The van der Waals surface area contributed by atoms with Crippen LogP contribution < -0.4 is 14.8 Å². The van der Waals surface area contributed by atoms with Gasteiger partial charge in [0.2, 0.25) is 11.8 Å². The van der Waals surface area contributed by atoms with Crippen LogP contribution >= 0.6 is 0 Å². The maximum atomic E-state index is 9.21. The molecule has 100 valence electrons. The average molecular weight is 253 g/mol. The van der Waals surface area contributed by atoms with Crippen LogP contribution in [0.4, 0.5) is 0 Å². The highest BCUT2D eigenvalue weighted by Crippen LogP contribution is 2.27. The topological polar surface area (TPSA) is 76.5 Å². The van der Waals surface area contributed by atoms with Crippen molar-refractivity contribution in [3.63, 3.8) is 0 Å². The molecule has 0 bridgehead atoms. The SMILES string of the molecule is COc1ncnc(OC)c1CNCC1CC(O)C1. The molecule has 0 aliphatic heterocycles. The zero-order chi connectivity index (χ0) is 13.0. The summed E-state index contributed by atoms with van der Waals surface area (Å²) in [6.07, 6.45) is 3.07. The van der Waals surface area contributed by atoms with Crippen LogP contribution in [0.25, 0.3) is 0 Å². The first-order valence-electron chi connectivity index (χ1n) is 6.05. The lowest BCUT2D eigenvalue weighted by Gasteiger charge is -2.31. The van der Waals surface area contributed by atoms with Crippen LogP contribution in [0.15, 0.2) is 6.33 Å². The minimum atomic E-state index is -0.110. The first kappa shape index (κ1) is 13.0. The molecule has 6 heteroatoms. The average Bonchev–Trinajstić information content (AvgIpc) is 2.36. The van der Waals surface area contributed by atoms with Gasteiger partial charge in [-0.3, -0.25) is 0 Å². The highest BCUT2D eigenvalue weighted by Gasteiger charge is 2.26. The van der Waals surface area contributed by atoms with Crippen LogP contribution in [0.1, 0.15) is 18.4 Å². The van der Waals surface area contributed by atoms with Crippen molar-refractivity contribution in [3.05, 3.63) is 11.9 Å². The van der Waals surface area contributed by atoms with Crippen LogP contribution in [-0.2, 0) is 6.54 Å². The molecule has 2 N–H and O–H groups in total. The minimum absolute atomic E-state index is 0.110. The first-order chi connectivity index (χ1) is 8.74. The molecular formula is C12H19N3O3. The Labute approximate surface area is 106 Å². The lowest BCUT2D eigenvalue weighted by molar-refractivity contribution is 0.0429. The van der Waals surface area contributed by atoms with Gasteiger partial charge in [-0.05, 0) is 25.3 Å². The van der Waals surface area contributed by atoms with E-state index >= 15 is 0 Å². The number of ether oxygens (including phenoxy) is 2. The molecule has 18 heavy (non-hydrogen) atoms. The number of aliphatic hydroxyl groups is 1. The highest BCUT2D eigenvalue weighted by molar-refractivity contribution is 5.34. The summed E-state index contributed by atoms with van der Waals surface area (Å²) in [5, 5.41) is 12.5. The fourth-order valence-electron chi connectivity index (χ4n) is 2.15. The third-order valence-electron chi connectivity index (χ3n) is 3.20. The van der Waals surface area contributed by atoms with Crippen LogP contribution in [-0.4, -0.2) is 41.9 Å². The van der Waals surface area contributed by atoms with Gasteiger partial charge in [-0.1, -0.05) is 0 Å². The number of aliphatic hydroxyl groups excluding tert-OH is 1. The second-order valence-corrected chi connectivity index (χ2v) is 4.49. The second-order valence-electron chi connectivity index (χ2n) is 4.49. The van der Waals surface area contributed by atoms with Crippen molar-refractivity contribution in [1.82, 2.24) is 15.3 Å². The monoisotopic (exact) mass is 253 g/mol. The van der Waals surface area contributed by atoms with E-state index in [2.05, 4.69) is 15.3 Å². The lowest BCUT2D eigenvalue weighted by Crippen LogP contribution is -2.36. The van der Waals surface area contributed by atoms with Crippen molar-refractivity contribution in [2.24, 2.45) is 5.92 Å². The standard InChI is InChI=1S/C12H19N3O3/c1-17-11-10(12(18-2)15-7-14-11)6-13-5-8-3-9(16)4-8/h7-9,13,16H,3-6H2,1-2H3. The van der Waals surface area contributed by atoms with Gasteiger partial charge in [0.15, 0.2) is 0 Å². The number of methoxy groups -OCH3 is 2. The zero-order valence-corrected chi connectivity index (χ0v) is 10.7. The normalized spacial score (nSPS) is 22.4. The molecule has 0 amide bonds. The van der Waals surface area contributed by atoms with E-state index in [1.165, 1.54) is 6.33 Å². The number of nitrogens with zero attached hydrogens (tertiary/aromatic N) is 2. The van der Waals surface area contributed by atoms with Crippen molar-refractivity contribution >= 4 is 0 Å². The molecule has 1 aromatic heterocycles. The van der Waals surface area contributed by atoms with E-state index in [1.54, 1.807) is 14.2 Å². The summed E-state index contributed by atoms with van der Waals surface area (Å²) in [6.45, 7) is 1.47. The van der Waals surface area contributed by atoms with Crippen LogP contribution in [0.2, 0.25) is 0 Å².